The number of hydrogen-bond acceptors (Lipinski definition) is 0. The second-order valence-corrected chi connectivity index (χ2v) is 4.61. The maximum absolute atomic E-state index is 13.6. The fraction of sp³-hybridized carbons (Fsp3) is 1.00. The minimum Gasteiger partial charge on any atom is -0.244 e. The van der Waals surface area contributed by atoms with Crippen LogP contribution in [-0.4, -0.2) is 5.67 Å². The molecule has 0 aliphatic carbocycles. The van der Waals surface area contributed by atoms with Gasteiger partial charge in [0.1, 0.15) is 5.67 Å². The van der Waals surface area contributed by atoms with E-state index in [-0.39, 0.29) is 0 Å². The van der Waals surface area contributed by atoms with Crippen molar-refractivity contribution in [2.24, 2.45) is 11.8 Å². The molecule has 0 nitrogen and oxygen atoms in total. The molecule has 0 aromatic carbocycles. The summed E-state index contributed by atoms with van der Waals surface area (Å²) in [5.74, 6) is 0.924. The third kappa shape index (κ3) is 6.33. The molecular weight excluding hydrogens is 139 g/mol. The molecule has 0 aromatic rings. The molecule has 0 heterocycles. The number of hydrogen-bond donors (Lipinski definition) is 0. The Kier molecular flexibility index (Phi) is 4.05. The standard InChI is InChI=1S/C10H21F/c1-8(2)6-10(5,11)7-9(3)4/h8-9H,6-7H2,1-5H3. The third-order valence-corrected chi connectivity index (χ3v) is 1.67. The van der Waals surface area contributed by atoms with E-state index in [4.69, 9.17) is 0 Å². The second kappa shape index (κ2) is 4.08. The summed E-state index contributed by atoms with van der Waals surface area (Å²) in [6.07, 6.45) is 1.37. The van der Waals surface area contributed by atoms with Gasteiger partial charge in [-0.3, -0.25) is 0 Å². The van der Waals surface area contributed by atoms with Gasteiger partial charge in [-0.2, -0.15) is 0 Å². The Hall–Kier alpha value is -0.0700. The molecule has 0 spiro atoms. The topological polar surface area (TPSA) is 0 Å². The SMILES string of the molecule is CC(C)CC(C)(F)CC(C)C. The van der Waals surface area contributed by atoms with Gasteiger partial charge in [0.05, 0.1) is 0 Å². The zero-order valence-corrected chi connectivity index (χ0v) is 8.45. The lowest BCUT2D eigenvalue weighted by molar-refractivity contribution is 0.123. The van der Waals surface area contributed by atoms with E-state index in [0.717, 1.165) is 0 Å². The normalized spacial score (nSPS) is 13.1. The Balaban J connectivity index is 3.79. The van der Waals surface area contributed by atoms with Crippen LogP contribution in [0.3, 0.4) is 0 Å². The summed E-state index contributed by atoms with van der Waals surface area (Å²) >= 11 is 0. The van der Waals surface area contributed by atoms with Crippen LogP contribution in [0.4, 0.5) is 4.39 Å². The largest absolute Gasteiger partial charge is 0.244 e. The predicted molar refractivity (Wildman–Crippen MR) is 48.4 cm³/mol. The lowest BCUT2D eigenvalue weighted by Crippen LogP contribution is -2.22. The predicted octanol–water partition coefficient (Wildman–Crippen LogP) is 3.81. The van der Waals surface area contributed by atoms with Crippen molar-refractivity contribution in [3.05, 3.63) is 0 Å². The molecule has 0 N–H and O–H groups in total. The van der Waals surface area contributed by atoms with Gasteiger partial charge in [-0.1, -0.05) is 27.7 Å². The van der Waals surface area contributed by atoms with Crippen LogP contribution in [0.5, 0.6) is 0 Å². The van der Waals surface area contributed by atoms with E-state index in [1.807, 2.05) is 0 Å². The molecule has 1 heteroatoms. The number of alkyl halides is 1. The van der Waals surface area contributed by atoms with Gasteiger partial charge in [-0.15, -0.1) is 0 Å². The molecule has 0 unspecified atom stereocenters. The minimum absolute atomic E-state index is 0.462. The molecule has 68 valence electrons. The third-order valence-electron chi connectivity index (χ3n) is 1.67. The second-order valence-electron chi connectivity index (χ2n) is 4.61. The minimum atomic E-state index is -0.956. The van der Waals surface area contributed by atoms with Gasteiger partial charge in [-0.25, -0.2) is 4.39 Å². The smallest absolute Gasteiger partial charge is 0.108 e. The molecule has 11 heavy (non-hydrogen) atoms. The Morgan fingerprint density at radius 3 is 1.45 bits per heavy atom. The van der Waals surface area contributed by atoms with Crippen LogP contribution >= 0.6 is 0 Å². The highest BCUT2D eigenvalue weighted by Gasteiger charge is 2.25. The molecule has 0 saturated carbocycles. The molecule has 0 bridgehead atoms. The Labute approximate surface area is 70.2 Å². The van der Waals surface area contributed by atoms with E-state index in [2.05, 4.69) is 27.7 Å². The van der Waals surface area contributed by atoms with Crippen molar-refractivity contribution in [1.29, 1.82) is 0 Å². The van der Waals surface area contributed by atoms with Crippen molar-refractivity contribution in [1.82, 2.24) is 0 Å². The lowest BCUT2D eigenvalue weighted by Gasteiger charge is -2.24. The van der Waals surface area contributed by atoms with E-state index in [9.17, 15) is 4.39 Å². The van der Waals surface area contributed by atoms with E-state index in [1.165, 1.54) is 0 Å². The van der Waals surface area contributed by atoms with Crippen molar-refractivity contribution in [2.75, 3.05) is 0 Å². The first-order valence-electron chi connectivity index (χ1n) is 4.52. The van der Waals surface area contributed by atoms with Crippen LogP contribution < -0.4 is 0 Å². The van der Waals surface area contributed by atoms with E-state index in [0.29, 0.717) is 24.7 Å². The summed E-state index contributed by atoms with van der Waals surface area (Å²) in [6.45, 7) is 9.99. The van der Waals surface area contributed by atoms with E-state index >= 15 is 0 Å². The maximum Gasteiger partial charge on any atom is 0.108 e. The summed E-state index contributed by atoms with van der Waals surface area (Å²) in [6, 6.07) is 0. The molecule has 0 aliphatic rings. The monoisotopic (exact) mass is 160 g/mol. The fourth-order valence-corrected chi connectivity index (χ4v) is 1.79. The molecular formula is C10H21F. The molecule has 0 fully saturated rings. The summed E-state index contributed by atoms with van der Waals surface area (Å²) in [5.41, 5.74) is -0.956. The highest BCUT2D eigenvalue weighted by molar-refractivity contribution is 4.75. The molecule has 0 aliphatic heterocycles. The number of halogens is 1. The molecule has 0 aromatic heterocycles. The highest BCUT2D eigenvalue weighted by Crippen LogP contribution is 2.27. The first-order chi connectivity index (χ1) is 4.83. The number of rotatable bonds is 4. The summed E-state index contributed by atoms with van der Waals surface area (Å²) < 4.78 is 13.6. The van der Waals surface area contributed by atoms with Crippen LogP contribution in [0.1, 0.15) is 47.5 Å². The Bertz CT molecular complexity index is 91.4. The first kappa shape index (κ1) is 10.9. The van der Waals surface area contributed by atoms with Gasteiger partial charge in [0.2, 0.25) is 0 Å². The van der Waals surface area contributed by atoms with Crippen molar-refractivity contribution < 1.29 is 4.39 Å². The zero-order valence-electron chi connectivity index (χ0n) is 8.45. The van der Waals surface area contributed by atoms with Crippen LogP contribution in [0.15, 0.2) is 0 Å². The van der Waals surface area contributed by atoms with Crippen LogP contribution in [0, 0.1) is 11.8 Å². The average Bonchev–Trinajstić information content (AvgIpc) is 1.53. The summed E-state index contributed by atoms with van der Waals surface area (Å²) in [5, 5.41) is 0. The van der Waals surface area contributed by atoms with Crippen molar-refractivity contribution in [3.8, 4) is 0 Å². The van der Waals surface area contributed by atoms with E-state index < -0.39 is 5.67 Å². The van der Waals surface area contributed by atoms with Gasteiger partial charge in [0.25, 0.3) is 0 Å². The summed E-state index contributed by atoms with van der Waals surface area (Å²) in [7, 11) is 0. The molecule has 0 atom stereocenters. The first-order valence-corrected chi connectivity index (χ1v) is 4.52. The Morgan fingerprint density at radius 2 is 1.27 bits per heavy atom. The van der Waals surface area contributed by atoms with Gasteiger partial charge < -0.3 is 0 Å². The van der Waals surface area contributed by atoms with Crippen LogP contribution in [-0.2, 0) is 0 Å². The van der Waals surface area contributed by atoms with Crippen LogP contribution in [0.2, 0.25) is 0 Å². The fourth-order valence-electron chi connectivity index (χ4n) is 1.79. The molecule has 0 radical (unpaired) electrons. The highest BCUT2D eigenvalue weighted by atomic mass is 19.1. The molecule has 0 saturated heterocycles. The quantitative estimate of drug-likeness (QED) is 0.586. The van der Waals surface area contributed by atoms with E-state index in [1.54, 1.807) is 6.92 Å². The van der Waals surface area contributed by atoms with Crippen molar-refractivity contribution >= 4 is 0 Å². The van der Waals surface area contributed by atoms with Gasteiger partial charge >= 0.3 is 0 Å². The summed E-state index contributed by atoms with van der Waals surface area (Å²) in [4.78, 5) is 0. The van der Waals surface area contributed by atoms with Gasteiger partial charge in [-0.05, 0) is 31.6 Å². The average molecular weight is 160 g/mol. The lowest BCUT2D eigenvalue weighted by atomic mass is 9.88. The van der Waals surface area contributed by atoms with Crippen molar-refractivity contribution in [3.63, 3.8) is 0 Å². The van der Waals surface area contributed by atoms with Crippen molar-refractivity contribution in [2.45, 2.75) is 53.1 Å². The molecule has 0 rings (SSSR count). The van der Waals surface area contributed by atoms with Crippen LogP contribution in [0.25, 0.3) is 0 Å². The maximum atomic E-state index is 13.6. The van der Waals surface area contributed by atoms with Gasteiger partial charge in [0, 0.05) is 0 Å². The van der Waals surface area contributed by atoms with Gasteiger partial charge in [0.15, 0.2) is 0 Å². The Morgan fingerprint density at radius 1 is 1.00 bits per heavy atom. The zero-order chi connectivity index (χ0) is 9.07. The molecule has 0 amide bonds.